The smallest absolute Gasteiger partial charge is 0.119 e. The van der Waals surface area contributed by atoms with Crippen LogP contribution in [-0.4, -0.2) is 62.3 Å². The Kier molecular flexibility index (Phi) is 5.39. The number of hydrogen-bond donors (Lipinski definition) is 0. The van der Waals surface area contributed by atoms with Gasteiger partial charge in [0.15, 0.2) is 0 Å². The molecular formula is C23H28N2O2S. The quantitative estimate of drug-likeness (QED) is 0.700. The van der Waals surface area contributed by atoms with Crippen LogP contribution in [0, 0.1) is 0 Å². The second-order valence-electron chi connectivity index (χ2n) is 7.79. The Labute approximate surface area is 170 Å². The van der Waals surface area contributed by atoms with E-state index in [1.807, 2.05) is 11.3 Å². The van der Waals surface area contributed by atoms with Crippen molar-refractivity contribution in [2.24, 2.45) is 0 Å². The highest BCUT2D eigenvalue weighted by Crippen LogP contribution is 2.28. The Bertz CT molecular complexity index is 932. The average Bonchev–Trinajstić information content (AvgIpc) is 3.43. The Morgan fingerprint density at radius 1 is 1.07 bits per heavy atom. The lowest BCUT2D eigenvalue weighted by molar-refractivity contribution is 0.0358. The summed E-state index contributed by atoms with van der Waals surface area (Å²) in [6, 6.07) is 11.1. The summed E-state index contributed by atoms with van der Waals surface area (Å²) in [7, 11) is 0. The van der Waals surface area contributed by atoms with Crippen molar-refractivity contribution >= 4 is 22.6 Å². The number of nitrogens with zero attached hydrogens (tertiary/aromatic N) is 2. The molecule has 28 heavy (non-hydrogen) atoms. The topological polar surface area (TPSA) is 24.9 Å². The largest absolute Gasteiger partial charge is 0.494 e. The number of morpholine rings is 1. The first-order valence-electron chi connectivity index (χ1n) is 10.5. The van der Waals surface area contributed by atoms with Gasteiger partial charge in [-0.15, -0.1) is 11.3 Å². The predicted octanol–water partition coefficient (Wildman–Crippen LogP) is 2.27. The number of rotatable bonds is 6. The molecule has 2 fully saturated rings. The Morgan fingerprint density at radius 2 is 2.00 bits per heavy atom. The first kappa shape index (κ1) is 18.2. The lowest BCUT2D eigenvalue weighted by Crippen LogP contribution is -2.40. The number of fused-ring (bicyclic) bond motifs is 2. The van der Waals surface area contributed by atoms with E-state index in [4.69, 9.17) is 9.47 Å². The lowest BCUT2D eigenvalue weighted by Gasteiger charge is -2.26. The summed E-state index contributed by atoms with van der Waals surface area (Å²) in [5, 5.41) is 4.96. The van der Waals surface area contributed by atoms with E-state index in [0.717, 1.165) is 58.2 Å². The molecule has 4 nitrogen and oxygen atoms in total. The summed E-state index contributed by atoms with van der Waals surface area (Å²) in [4.78, 5) is 6.43. The summed E-state index contributed by atoms with van der Waals surface area (Å²) in [5.41, 5.74) is 2.98. The Hall–Kier alpha value is -1.82. The van der Waals surface area contributed by atoms with E-state index in [1.165, 1.54) is 46.0 Å². The molecule has 148 valence electrons. The van der Waals surface area contributed by atoms with Crippen molar-refractivity contribution in [1.29, 1.82) is 0 Å². The molecule has 5 heteroatoms. The SMILES string of the molecule is c1csc(C2=c3ccc(OCCCN4CCOCC4)cc3=C3CCCN3C2)c1. The van der Waals surface area contributed by atoms with Gasteiger partial charge < -0.3 is 14.4 Å². The monoisotopic (exact) mass is 396 g/mol. The van der Waals surface area contributed by atoms with Gasteiger partial charge in [-0.2, -0.15) is 0 Å². The van der Waals surface area contributed by atoms with Gasteiger partial charge in [0.25, 0.3) is 0 Å². The van der Waals surface area contributed by atoms with Crippen molar-refractivity contribution in [3.8, 4) is 5.75 Å². The van der Waals surface area contributed by atoms with Gasteiger partial charge in [-0.05, 0) is 53.6 Å². The number of thiophene rings is 1. The van der Waals surface area contributed by atoms with E-state index in [2.05, 4.69) is 45.5 Å². The van der Waals surface area contributed by atoms with Crippen LogP contribution in [0.15, 0.2) is 35.7 Å². The highest BCUT2D eigenvalue weighted by atomic mass is 32.1. The van der Waals surface area contributed by atoms with Crippen LogP contribution in [0.25, 0.3) is 11.3 Å². The summed E-state index contributed by atoms with van der Waals surface area (Å²) < 4.78 is 11.6. The Morgan fingerprint density at radius 3 is 2.86 bits per heavy atom. The van der Waals surface area contributed by atoms with Crippen molar-refractivity contribution < 1.29 is 9.47 Å². The summed E-state index contributed by atoms with van der Waals surface area (Å²) in [6.45, 7) is 7.92. The first-order chi connectivity index (χ1) is 13.9. The number of benzene rings is 1. The molecule has 0 amide bonds. The molecule has 1 aromatic carbocycles. The van der Waals surface area contributed by atoms with Gasteiger partial charge in [0.2, 0.25) is 0 Å². The van der Waals surface area contributed by atoms with Crippen molar-refractivity contribution in [1.82, 2.24) is 9.80 Å². The molecule has 0 aliphatic carbocycles. The van der Waals surface area contributed by atoms with E-state index in [0.29, 0.717) is 0 Å². The molecule has 5 rings (SSSR count). The van der Waals surface area contributed by atoms with Crippen LogP contribution in [0.5, 0.6) is 5.75 Å². The van der Waals surface area contributed by atoms with Gasteiger partial charge in [-0.1, -0.05) is 12.1 Å². The third-order valence-corrected chi connectivity index (χ3v) is 6.94. The van der Waals surface area contributed by atoms with E-state index < -0.39 is 0 Å². The fourth-order valence-electron chi connectivity index (χ4n) is 4.56. The summed E-state index contributed by atoms with van der Waals surface area (Å²) >= 11 is 1.84. The van der Waals surface area contributed by atoms with E-state index in [1.54, 1.807) is 0 Å². The van der Waals surface area contributed by atoms with Crippen LogP contribution in [0.3, 0.4) is 0 Å². The molecular weight excluding hydrogens is 368 g/mol. The molecule has 0 saturated carbocycles. The van der Waals surface area contributed by atoms with Gasteiger partial charge in [0.1, 0.15) is 5.75 Å². The summed E-state index contributed by atoms with van der Waals surface area (Å²) in [6.07, 6.45) is 3.51. The lowest BCUT2D eigenvalue weighted by atomic mass is 10.0. The average molecular weight is 397 g/mol. The van der Waals surface area contributed by atoms with Crippen LogP contribution >= 0.6 is 11.3 Å². The maximum atomic E-state index is 6.14. The van der Waals surface area contributed by atoms with Gasteiger partial charge in [-0.3, -0.25) is 4.90 Å². The molecule has 4 heterocycles. The standard InChI is InChI=1S/C23H28N2O2S/c1-4-22-20-16-18(27-12-3-8-24-10-13-26-14-11-24)6-7-19(20)21(17-25(22)9-1)23-5-2-15-28-23/h2,5-7,15-16H,1,3-4,8-14,17H2. The molecule has 2 aromatic rings. The third-order valence-electron chi connectivity index (χ3n) is 6.01. The van der Waals surface area contributed by atoms with E-state index in [9.17, 15) is 0 Å². The van der Waals surface area contributed by atoms with Crippen LogP contribution in [0.2, 0.25) is 0 Å². The molecule has 3 aliphatic rings. The van der Waals surface area contributed by atoms with Crippen LogP contribution in [0.1, 0.15) is 24.1 Å². The molecule has 1 aromatic heterocycles. The van der Waals surface area contributed by atoms with Crippen LogP contribution in [-0.2, 0) is 4.74 Å². The highest BCUT2D eigenvalue weighted by Gasteiger charge is 2.24. The third kappa shape index (κ3) is 3.71. The molecule has 0 atom stereocenters. The van der Waals surface area contributed by atoms with Crippen LogP contribution in [0.4, 0.5) is 0 Å². The molecule has 0 radical (unpaired) electrons. The van der Waals surface area contributed by atoms with Gasteiger partial charge in [-0.25, -0.2) is 0 Å². The molecule has 3 aliphatic heterocycles. The number of hydrogen-bond acceptors (Lipinski definition) is 5. The fourth-order valence-corrected chi connectivity index (χ4v) is 5.34. The predicted molar refractivity (Wildman–Crippen MR) is 114 cm³/mol. The molecule has 0 bridgehead atoms. The maximum Gasteiger partial charge on any atom is 0.119 e. The van der Waals surface area contributed by atoms with Crippen molar-refractivity contribution in [2.75, 3.05) is 52.5 Å². The first-order valence-corrected chi connectivity index (χ1v) is 11.3. The second-order valence-corrected chi connectivity index (χ2v) is 8.74. The van der Waals surface area contributed by atoms with Crippen LogP contribution < -0.4 is 15.2 Å². The molecule has 2 saturated heterocycles. The number of ether oxygens (including phenoxy) is 2. The Balaban J connectivity index is 1.35. The minimum atomic E-state index is 0.774. The molecule has 0 spiro atoms. The van der Waals surface area contributed by atoms with Crippen molar-refractivity contribution in [3.63, 3.8) is 0 Å². The van der Waals surface area contributed by atoms with Gasteiger partial charge in [0.05, 0.1) is 19.8 Å². The molecule has 0 N–H and O–H groups in total. The highest BCUT2D eigenvalue weighted by molar-refractivity contribution is 7.11. The zero-order chi connectivity index (χ0) is 18.8. The van der Waals surface area contributed by atoms with E-state index in [-0.39, 0.29) is 0 Å². The summed E-state index contributed by atoms with van der Waals surface area (Å²) in [5.74, 6) is 1.01. The minimum absolute atomic E-state index is 0.774. The van der Waals surface area contributed by atoms with Crippen molar-refractivity contribution in [3.05, 3.63) is 51.0 Å². The van der Waals surface area contributed by atoms with Crippen molar-refractivity contribution in [2.45, 2.75) is 19.3 Å². The zero-order valence-corrected chi connectivity index (χ0v) is 17.2. The van der Waals surface area contributed by atoms with Gasteiger partial charge in [0, 0.05) is 48.5 Å². The minimum Gasteiger partial charge on any atom is -0.494 e. The normalized spacial score (nSPS) is 19.6. The fraction of sp³-hybridized carbons (Fsp3) is 0.478. The van der Waals surface area contributed by atoms with Gasteiger partial charge >= 0.3 is 0 Å². The van der Waals surface area contributed by atoms with E-state index >= 15 is 0 Å². The zero-order valence-electron chi connectivity index (χ0n) is 16.4. The molecule has 0 unspecified atom stereocenters. The second kappa shape index (κ2) is 8.27. The maximum absolute atomic E-state index is 6.14.